The summed E-state index contributed by atoms with van der Waals surface area (Å²) in [6.07, 6.45) is 2.08. The van der Waals surface area contributed by atoms with E-state index < -0.39 is 4.92 Å². The largest absolute Gasteiger partial charge is 0.338 e. The van der Waals surface area contributed by atoms with Gasteiger partial charge in [0.25, 0.3) is 11.6 Å². The van der Waals surface area contributed by atoms with E-state index in [0.29, 0.717) is 30.1 Å². The molecule has 25 heavy (non-hydrogen) atoms. The highest BCUT2D eigenvalue weighted by Gasteiger charge is 2.29. The van der Waals surface area contributed by atoms with Gasteiger partial charge in [-0.3, -0.25) is 14.9 Å². The molecule has 1 N–H and O–H groups in total. The Bertz CT molecular complexity index is 626. The van der Waals surface area contributed by atoms with Crippen LogP contribution in [0.3, 0.4) is 0 Å². The van der Waals surface area contributed by atoms with E-state index >= 15 is 0 Å². The Hall–Kier alpha value is -1.66. The summed E-state index contributed by atoms with van der Waals surface area (Å²) in [7, 11) is 1.91. The molecular weight excluding hydrogens is 342 g/mol. The third-order valence-corrected chi connectivity index (χ3v) is 4.55. The van der Waals surface area contributed by atoms with Gasteiger partial charge in [0, 0.05) is 30.3 Å². The maximum Gasteiger partial charge on any atom is 0.273 e. The van der Waals surface area contributed by atoms with E-state index in [9.17, 15) is 14.9 Å². The van der Waals surface area contributed by atoms with Crippen molar-refractivity contribution in [3.8, 4) is 0 Å². The van der Waals surface area contributed by atoms with Crippen LogP contribution in [0.5, 0.6) is 0 Å². The summed E-state index contributed by atoms with van der Waals surface area (Å²) in [4.78, 5) is 25.6. The van der Waals surface area contributed by atoms with Crippen molar-refractivity contribution in [3.63, 3.8) is 0 Å². The standard InChI is InChI=1S/C18H27N3O3.ClH/c1-18(2,3)15-8-7-14(10-16(15)21(23)24)17(22)20-9-5-6-13(12-20)11-19-4;/h7-8,10,13,19H,5-6,9,11-12H2,1-4H3;1H. The van der Waals surface area contributed by atoms with Crippen molar-refractivity contribution < 1.29 is 9.72 Å². The molecule has 1 aliphatic rings. The molecule has 1 atom stereocenters. The topological polar surface area (TPSA) is 75.5 Å². The van der Waals surface area contributed by atoms with Crippen LogP contribution in [-0.4, -0.2) is 42.4 Å². The van der Waals surface area contributed by atoms with Gasteiger partial charge in [0.1, 0.15) is 0 Å². The molecule has 1 fully saturated rings. The number of nitro groups is 1. The summed E-state index contributed by atoms with van der Waals surface area (Å²) in [5.74, 6) is 0.330. The lowest BCUT2D eigenvalue weighted by molar-refractivity contribution is -0.386. The normalized spacial score (nSPS) is 17.8. The molecule has 0 radical (unpaired) electrons. The zero-order valence-corrected chi connectivity index (χ0v) is 16.2. The Morgan fingerprint density at radius 2 is 2.08 bits per heavy atom. The van der Waals surface area contributed by atoms with Gasteiger partial charge in [0.2, 0.25) is 0 Å². The van der Waals surface area contributed by atoms with Gasteiger partial charge in [-0.2, -0.15) is 0 Å². The number of likely N-dealkylation sites (tertiary alicyclic amines) is 1. The summed E-state index contributed by atoms with van der Waals surface area (Å²) >= 11 is 0. The van der Waals surface area contributed by atoms with Crippen molar-refractivity contribution in [3.05, 3.63) is 39.4 Å². The van der Waals surface area contributed by atoms with Gasteiger partial charge in [-0.25, -0.2) is 0 Å². The van der Waals surface area contributed by atoms with Crippen molar-refractivity contribution in [2.45, 2.75) is 39.0 Å². The fourth-order valence-electron chi connectivity index (χ4n) is 3.34. The molecule has 1 aromatic rings. The molecule has 7 heteroatoms. The Kier molecular flexibility index (Phi) is 7.38. The number of piperidine rings is 1. The SMILES string of the molecule is CNCC1CCCN(C(=O)c2ccc(C(C)(C)C)c([N+](=O)[O-])c2)C1.Cl. The molecular formula is C18H28ClN3O3. The zero-order valence-electron chi connectivity index (χ0n) is 15.4. The number of benzene rings is 1. The molecule has 1 heterocycles. The molecule has 0 bridgehead atoms. The second-order valence-electron chi connectivity index (χ2n) is 7.56. The molecule has 140 valence electrons. The predicted molar refractivity (Wildman–Crippen MR) is 102 cm³/mol. The van der Waals surface area contributed by atoms with Crippen LogP contribution in [-0.2, 0) is 5.41 Å². The third kappa shape index (κ3) is 5.16. The van der Waals surface area contributed by atoms with Crippen LogP contribution < -0.4 is 5.32 Å². The van der Waals surface area contributed by atoms with Crippen molar-refractivity contribution >= 4 is 24.0 Å². The number of carbonyl (C=O) groups is 1. The number of hydrogen-bond donors (Lipinski definition) is 1. The molecule has 0 aliphatic carbocycles. The molecule has 1 aromatic carbocycles. The minimum absolute atomic E-state index is 0. The second-order valence-corrected chi connectivity index (χ2v) is 7.56. The maximum absolute atomic E-state index is 12.8. The average Bonchev–Trinajstić information content (AvgIpc) is 2.53. The fourth-order valence-corrected chi connectivity index (χ4v) is 3.34. The maximum atomic E-state index is 12.8. The molecule has 6 nitrogen and oxygen atoms in total. The summed E-state index contributed by atoms with van der Waals surface area (Å²) in [5, 5.41) is 14.6. The first-order valence-electron chi connectivity index (χ1n) is 8.47. The van der Waals surface area contributed by atoms with Gasteiger partial charge in [0.15, 0.2) is 0 Å². The van der Waals surface area contributed by atoms with Gasteiger partial charge in [-0.1, -0.05) is 26.8 Å². The molecule has 2 rings (SSSR count). The summed E-state index contributed by atoms with van der Waals surface area (Å²) in [6.45, 7) is 8.10. The molecule has 1 aliphatic heterocycles. The molecule has 0 spiro atoms. The van der Waals surface area contributed by atoms with Crippen LogP contribution in [0.25, 0.3) is 0 Å². The highest BCUT2D eigenvalue weighted by molar-refractivity contribution is 5.95. The van der Waals surface area contributed by atoms with Gasteiger partial charge >= 0.3 is 0 Å². The summed E-state index contributed by atoms with van der Waals surface area (Å²) < 4.78 is 0. The number of halogens is 1. The Balaban J connectivity index is 0.00000312. The van der Waals surface area contributed by atoms with Gasteiger partial charge in [-0.05, 0) is 43.8 Å². The number of hydrogen-bond acceptors (Lipinski definition) is 4. The van der Waals surface area contributed by atoms with E-state index in [4.69, 9.17) is 0 Å². The smallest absolute Gasteiger partial charge is 0.273 e. The second kappa shape index (κ2) is 8.63. The molecule has 1 amide bonds. The van der Waals surface area contributed by atoms with Crippen molar-refractivity contribution in [2.24, 2.45) is 5.92 Å². The lowest BCUT2D eigenvalue weighted by Crippen LogP contribution is -2.42. The first kappa shape index (κ1) is 21.4. The van der Waals surface area contributed by atoms with Crippen LogP contribution in [0.15, 0.2) is 18.2 Å². The number of nitrogens with one attached hydrogen (secondary N) is 1. The lowest BCUT2D eigenvalue weighted by atomic mass is 9.85. The van der Waals surface area contributed by atoms with E-state index in [1.807, 2.05) is 32.7 Å². The van der Waals surface area contributed by atoms with Crippen LogP contribution in [0, 0.1) is 16.0 Å². The summed E-state index contributed by atoms with van der Waals surface area (Å²) in [5.41, 5.74) is 0.736. The minimum Gasteiger partial charge on any atom is -0.338 e. The van der Waals surface area contributed by atoms with Crippen LogP contribution in [0.4, 0.5) is 5.69 Å². The van der Waals surface area contributed by atoms with Crippen LogP contribution in [0.2, 0.25) is 0 Å². The Morgan fingerprint density at radius 1 is 1.40 bits per heavy atom. The predicted octanol–water partition coefficient (Wildman–Crippen LogP) is 3.39. The first-order chi connectivity index (χ1) is 11.2. The highest BCUT2D eigenvalue weighted by atomic mass is 35.5. The minimum atomic E-state index is -0.391. The van der Waals surface area contributed by atoms with E-state index in [2.05, 4.69) is 5.32 Å². The zero-order chi connectivity index (χ0) is 17.9. The van der Waals surface area contributed by atoms with E-state index in [1.165, 1.54) is 6.07 Å². The van der Waals surface area contributed by atoms with Gasteiger partial charge < -0.3 is 10.2 Å². The van der Waals surface area contributed by atoms with Crippen molar-refractivity contribution in [1.82, 2.24) is 10.2 Å². The molecule has 1 unspecified atom stereocenters. The monoisotopic (exact) mass is 369 g/mol. The molecule has 0 aromatic heterocycles. The van der Waals surface area contributed by atoms with Crippen molar-refractivity contribution in [2.75, 3.05) is 26.7 Å². The van der Waals surface area contributed by atoms with Gasteiger partial charge in [-0.15, -0.1) is 12.4 Å². The number of nitro benzene ring substituents is 1. The van der Waals surface area contributed by atoms with Gasteiger partial charge in [0.05, 0.1) is 4.92 Å². The van der Waals surface area contributed by atoms with Crippen LogP contribution >= 0.6 is 12.4 Å². The summed E-state index contributed by atoms with van der Waals surface area (Å²) in [6, 6.07) is 4.88. The van der Waals surface area contributed by atoms with Crippen LogP contribution in [0.1, 0.15) is 49.5 Å². The molecule has 0 saturated carbocycles. The van der Waals surface area contributed by atoms with E-state index in [-0.39, 0.29) is 29.4 Å². The quantitative estimate of drug-likeness (QED) is 0.652. The number of carbonyl (C=O) groups excluding carboxylic acids is 1. The fraction of sp³-hybridized carbons (Fsp3) is 0.611. The Labute approximate surface area is 155 Å². The lowest BCUT2D eigenvalue weighted by Gasteiger charge is -2.33. The number of amides is 1. The average molecular weight is 370 g/mol. The number of nitrogens with zero attached hydrogens (tertiary/aromatic N) is 2. The third-order valence-electron chi connectivity index (χ3n) is 4.55. The highest BCUT2D eigenvalue weighted by Crippen LogP contribution is 2.32. The van der Waals surface area contributed by atoms with E-state index in [1.54, 1.807) is 12.1 Å². The first-order valence-corrected chi connectivity index (χ1v) is 8.47. The number of rotatable bonds is 4. The van der Waals surface area contributed by atoms with E-state index in [0.717, 1.165) is 19.4 Å². The van der Waals surface area contributed by atoms with Crippen molar-refractivity contribution in [1.29, 1.82) is 0 Å². The molecule has 1 saturated heterocycles. The Morgan fingerprint density at radius 3 is 2.64 bits per heavy atom.